The van der Waals surface area contributed by atoms with Gasteiger partial charge >= 0.3 is 0 Å². The van der Waals surface area contributed by atoms with Crippen LogP contribution in [0.5, 0.6) is 0 Å². The zero-order valence-corrected chi connectivity index (χ0v) is 15.5. The van der Waals surface area contributed by atoms with Crippen LogP contribution in [0.3, 0.4) is 0 Å². The van der Waals surface area contributed by atoms with Crippen LogP contribution in [0, 0.1) is 12.3 Å². The molecule has 0 saturated carbocycles. The van der Waals surface area contributed by atoms with Crippen LogP contribution in [-0.2, 0) is 11.3 Å². The van der Waals surface area contributed by atoms with Crippen LogP contribution in [0.15, 0.2) is 67.3 Å². The molecule has 2 rings (SSSR count). The molecule has 1 unspecified atom stereocenters. The number of amides is 2. The van der Waals surface area contributed by atoms with Crippen molar-refractivity contribution in [2.24, 2.45) is 0 Å². The molecule has 0 aromatic heterocycles. The number of rotatable bonds is 8. The van der Waals surface area contributed by atoms with Gasteiger partial charge in [0.05, 0.1) is 0 Å². The minimum atomic E-state index is -1.06. The fourth-order valence-electron chi connectivity index (χ4n) is 2.79. The molecule has 4 heteroatoms. The molecule has 0 bridgehead atoms. The third kappa shape index (κ3) is 5.08. The van der Waals surface area contributed by atoms with E-state index in [-0.39, 0.29) is 11.8 Å². The van der Waals surface area contributed by atoms with Crippen molar-refractivity contribution in [2.45, 2.75) is 31.8 Å². The molecule has 0 aliphatic rings. The lowest BCUT2D eigenvalue weighted by molar-refractivity contribution is -0.127. The van der Waals surface area contributed by atoms with E-state index in [0.29, 0.717) is 30.5 Å². The average molecular weight is 360 g/mol. The van der Waals surface area contributed by atoms with Crippen molar-refractivity contribution < 1.29 is 9.59 Å². The predicted octanol–water partition coefficient (Wildman–Crippen LogP) is 3.44. The molecular formula is C23H24N2O2. The molecule has 0 radical (unpaired) electrons. The average Bonchev–Trinajstić information content (AvgIpc) is 2.72. The molecule has 0 saturated heterocycles. The van der Waals surface area contributed by atoms with E-state index in [0.717, 1.165) is 5.56 Å². The van der Waals surface area contributed by atoms with Crippen molar-refractivity contribution in [3.63, 3.8) is 0 Å². The molecule has 2 amide bonds. The first-order valence-corrected chi connectivity index (χ1v) is 8.87. The number of carbonyl (C=O) groups is 2. The lowest BCUT2D eigenvalue weighted by Crippen LogP contribution is -2.58. The molecule has 0 spiro atoms. The van der Waals surface area contributed by atoms with Crippen molar-refractivity contribution in [1.29, 1.82) is 0 Å². The van der Waals surface area contributed by atoms with Crippen molar-refractivity contribution >= 4 is 11.8 Å². The number of nitrogens with one attached hydrogen (secondary N) is 2. The van der Waals surface area contributed by atoms with Gasteiger partial charge in [-0.25, -0.2) is 0 Å². The van der Waals surface area contributed by atoms with Gasteiger partial charge in [-0.1, -0.05) is 49.3 Å². The summed E-state index contributed by atoms with van der Waals surface area (Å²) in [5.74, 6) is 1.96. The zero-order chi connectivity index (χ0) is 19.7. The van der Waals surface area contributed by atoms with Gasteiger partial charge in [-0.05, 0) is 42.7 Å². The Morgan fingerprint density at radius 2 is 1.81 bits per heavy atom. The van der Waals surface area contributed by atoms with Crippen LogP contribution in [0.4, 0.5) is 0 Å². The molecule has 0 fully saturated rings. The van der Waals surface area contributed by atoms with E-state index >= 15 is 0 Å². The van der Waals surface area contributed by atoms with Crippen LogP contribution in [0.2, 0.25) is 0 Å². The van der Waals surface area contributed by atoms with Gasteiger partial charge in [0.15, 0.2) is 0 Å². The molecular weight excluding hydrogens is 336 g/mol. The molecule has 138 valence electrons. The Balaban J connectivity index is 2.15. The highest BCUT2D eigenvalue weighted by molar-refractivity contribution is 5.99. The zero-order valence-electron chi connectivity index (χ0n) is 15.5. The first-order chi connectivity index (χ1) is 13.0. The molecule has 0 heterocycles. The van der Waals surface area contributed by atoms with E-state index in [1.54, 1.807) is 30.3 Å². The fraction of sp³-hybridized carbons (Fsp3) is 0.217. The van der Waals surface area contributed by atoms with E-state index < -0.39 is 5.54 Å². The summed E-state index contributed by atoms with van der Waals surface area (Å²) in [4.78, 5) is 25.6. The highest BCUT2D eigenvalue weighted by Gasteiger charge is 2.37. The highest BCUT2D eigenvalue weighted by atomic mass is 16.2. The monoisotopic (exact) mass is 360 g/mol. The van der Waals surface area contributed by atoms with Gasteiger partial charge < -0.3 is 10.6 Å². The molecule has 27 heavy (non-hydrogen) atoms. The smallest absolute Gasteiger partial charge is 0.252 e. The Labute approximate surface area is 160 Å². The summed E-state index contributed by atoms with van der Waals surface area (Å²) in [5, 5.41) is 5.82. The summed E-state index contributed by atoms with van der Waals surface area (Å²) in [6, 6.07) is 16.3. The second kappa shape index (κ2) is 9.40. The van der Waals surface area contributed by atoms with Gasteiger partial charge in [0.2, 0.25) is 5.91 Å². The topological polar surface area (TPSA) is 58.2 Å². The van der Waals surface area contributed by atoms with Gasteiger partial charge in [-0.15, -0.1) is 13.0 Å². The standard InChI is InChI=1S/C23H24N2O2/c1-4-16-23(6-3,22(27)24-17-19-10-8-7-9-11-19)25-21(26)20-14-12-18(5-2)13-15-20/h2,4,7-15H,1,6,16-17H2,3H3,(H,24,27)(H,25,26). The summed E-state index contributed by atoms with van der Waals surface area (Å²) in [6.07, 6.45) is 7.76. The molecule has 2 N–H and O–H groups in total. The molecule has 2 aromatic rings. The number of hydrogen-bond donors (Lipinski definition) is 2. The SMILES string of the molecule is C#Cc1ccc(C(=O)NC(CC)(CC=C)C(=O)NCc2ccccc2)cc1. The summed E-state index contributed by atoms with van der Waals surface area (Å²) >= 11 is 0. The Morgan fingerprint density at radius 1 is 1.15 bits per heavy atom. The second-order valence-corrected chi connectivity index (χ2v) is 6.27. The first kappa shape index (κ1) is 20.0. The lowest BCUT2D eigenvalue weighted by atomic mass is 9.90. The quantitative estimate of drug-likeness (QED) is 0.560. The van der Waals surface area contributed by atoms with Crippen molar-refractivity contribution in [3.8, 4) is 12.3 Å². The van der Waals surface area contributed by atoms with Crippen LogP contribution >= 0.6 is 0 Å². The molecule has 2 aromatic carbocycles. The minimum absolute atomic E-state index is 0.234. The summed E-state index contributed by atoms with van der Waals surface area (Å²) in [6.45, 7) is 6.01. The molecule has 4 nitrogen and oxygen atoms in total. The molecule has 1 atom stereocenters. The Bertz CT molecular complexity index is 835. The van der Waals surface area contributed by atoms with Crippen LogP contribution in [0.25, 0.3) is 0 Å². The third-order valence-electron chi connectivity index (χ3n) is 4.49. The first-order valence-electron chi connectivity index (χ1n) is 8.87. The maximum absolute atomic E-state index is 12.9. The van der Waals surface area contributed by atoms with E-state index in [4.69, 9.17) is 6.42 Å². The van der Waals surface area contributed by atoms with Crippen LogP contribution in [0.1, 0.15) is 41.3 Å². The maximum Gasteiger partial charge on any atom is 0.252 e. The van der Waals surface area contributed by atoms with Crippen molar-refractivity contribution in [3.05, 3.63) is 83.9 Å². The fourth-order valence-corrected chi connectivity index (χ4v) is 2.79. The maximum atomic E-state index is 12.9. The van der Waals surface area contributed by atoms with E-state index in [1.807, 2.05) is 37.3 Å². The predicted molar refractivity (Wildman–Crippen MR) is 108 cm³/mol. The summed E-state index contributed by atoms with van der Waals surface area (Å²) < 4.78 is 0. The number of carbonyl (C=O) groups excluding carboxylic acids is 2. The number of hydrogen-bond acceptors (Lipinski definition) is 2. The van der Waals surface area contributed by atoms with E-state index in [9.17, 15) is 9.59 Å². The Morgan fingerprint density at radius 3 is 2.37 bits per heavy atom. The van der Waals surface area contributed by atoms with Crippen LogP contribution in [-0.4, -0.2) is 17.4 Å². The largest absolute Gasteiger partial charge is 0.350 e. The molecule has 0 aliphatic heterocycles. The third-order valence-corrected chi connectivity index (χ3v) is 4.49. The van der Waals surface area contributed by atoms with E-state index in [1.165, 1.54) is 0 Å². The number of terminal acetylenes is 1. The highest BCUT2D eigenvalue weighted by Crippen LogP contribution is 2.18. The normalized spacial score (nSPS) is 12.3. The van der Waals surface area contributed by atoms with Gasteiger partial charge in [0.1, 0.15) is 5.54 Å². The van der Waals surface area contributed by atoms with Gasteiger partial charge in [-0.3, -0.25) is 9.59 Å². The Hall–Kier alpha value is -3.32. The second-order valence-electron chi connectivity index (χ2n) is 6.27. The van der Waals surface area contributed by atoms with Crippen LogP contribution < -0.4 is 10.6 Å². The minimum Gasteiger partial charge on any atom is -0.350 e. The summed E-state index contributed by atoms with van der Waals surface area (Å²) in [7, 11) is 0. The number of benzene rings is 2. The van der Waals surface area contributed by atoms with Gasteiger partial charge in [0, 0.05) is 17.7 Å². The van der Waals surface area contributed by atoms with Crippen molar-refractivity contribution in [2.75, 3.05) is 0 Å². The van der Waals surface area contributed by atoms with Crippen molar-refractivity contribution in [1.82, 2.24) is 10.6 Å². The summed E-state index contributed by atoms with van der Waals surface area (Å²) in [5.41, 5.74) is 1.08. The van der Waals surface area contributed by atoms with Gasteiger partial charge in [0.25, 0.3) is 5.91 Å². The lowest BCUT2D eigenvalue weighted by Gasteiger charge is -2.31. The van der Waals surface area contributed by atoms with Gasteiger partial charge in [-0.2, -0.15) is 0 Å². The Kier molecular flexibility index (Phi) is 6.96. The van der Waals surface area contributed by atoms with E-state index in [2.05, 4.69) is 23.1 Å². The molecule has 0 aliphatic carbocycles.